The number of aliphatic carboxylic acids is 1. The first-order valence-corrected chi connectivity index (χ1v) is 15.1. The van der Waals surface area contributed by atoms with E-state index in [4.69, 9.17) is 35.5 Å². The molecule has 10 heteroatoms. The maximum absolute atomic E-state index is 11.8. The lowest BCUT2D eigenvalue weighted by Gasteiger charge is -2.29. The van der Waals surface area contributed by atoms with E-state index in [0.29, 0.717) is 27.8 Å². The number of aromatic nitrogens is 2. The van der Waals surface area contributed by atoms with Crippen molar-refractivity contribution in [2.24, 2.45) is 7.05 Å². The van der Waals surface area contributed by atoms with E-state index in [2.05, 4.69) is 11.0 Å². The Morgan fingerprint density at radius 3 is 2.47 bits per heavy atom. The van der Waals surface area contributed by atoms with E-state index in [-0.39, 0.29) is 13.2 Å². The summed E-state index contributed by atoms with van der Waals surface area (Å²) in [5.74, 6) is 1.50. The van der Waals surface area contributed by atoms with Crippen molar-refractivity contribution >= 4 is 34.3 Å². The smallest absolute Gasteiger partial charge is 0.310 e. The highest BCUT2D eigenvalue weighted by Crippen LogP contribution is 2.33. The number of carboxylic acids is 1. The average Bonchev–Trinajstić information content (AvgIpc) is 3.38. The highest BCUT2D eigenvalue weighted by atomic mass is 35.5. The van der Waals surface area contributed by atoms with Gasteiger partial charge in [0.1, 0.15) is 42.0 Å². The number of hydrogen-bond acceptors (Lipinski definition) is 7. The molecule has 1 aromatic heterocycles. The van der Waals surface area contributed by atoms with Crippen LogP contribution in [0.5, 0.6) is 23.0 Å². The average molecular weight is 628 g/mol. The van der Waals surface area contributed by atoms with Gasteiger partial charge in [-0.05, 0) is 55.0 Å². The van der Waals surface area contributed by atoms with Crippen LogP contribution in [0.4, 0.5) is 5.69 Å². The number of imidazole rings is 1. The molecule has 1 saturated heterocycles. The van der Waals surface area contributed by atoms with Crippen molar-refractivity contribution in [3.63, 3.8) is 0 Å². The zero-order valence-electron chi connectivity index (χ0n) is 25.1. The fourth-order valence-corrected chi connectivity index (χ4v) is 5.35. The zero-order valence-corrected chi connectivity index (χ0v) is 25.9. The Hall–Kier alpha value is -4.73. The van der Waals surface area contributed by atoms with Crippen molar-refractivity contribution in [1.29, 1.82) is 0 Å². The van der Waals surface area contributed by atoms with Crippen LogP contribution < -0.4 is 19.1 Å². The fourth-order valence-electron chi connectivity index (χ4n) is 5.22. The minimum atomic E-state index is -0.937. The van der Waals surface area contributed by atoms with Crippen LogP contribution in [-0.2, 0) is 29.8 Å². The van der Waals surface area contributed by atoms with Crippen LogP contribution in [0.15, 0.2) is 84.9 Å². The number of carbonyl (C=O) groups is 1. The van der Waals surface area contributed by atoms with Gasteiger partial charge in [0.05, 0.1) is 30.2 Å². The third-order valence-electron chi connectivity index (χ3n) is 7.87. The number of aryl methyl sites for hydroxylation is 1. The molecule has 0 amide bonds. The van der Waals surface area contributed by atoms with Crippen LogP contribution in [0.1, 0.15) is 29.8 Å². The van der Waals surface area contributed by atoms with Gasteiger partial charge in [0, 0.05) is 54.6 Å². The quantitative estimate of drug-likeness (QED) is 0.164. The summed E-state index contributed by atoms with van der Waals surface area (Å²) in [5, 5.41) is 10.3. The van der Waals surface area contributed by atoms with Crippen LogP contribution in [0.3, 0.4) is 0 Å². The molecule has 1 aliphatic heterocycles. The molecule has 0 bridgehead atoms. The highest BCUT2D eigenvalue weighted by Gasteiger charge is 2.20. The van der Waals surface area contributed by atoms with E-state index in [1.165, 1.54) is 0 Å². The third-order valence-corrected chi connectivity index (χ3v) is 8.12. The Morgan fingerprint density at radius 2 is 1.69 bits per heavy atom. The molecule has 45 heavy (non-hydrogen) atoms. The second kappa shape index (κ2) is 13.5. The van der Waals surface area contributed by atoms with Crippen molar-refractivity contribution in [3.05, 3.63) is 107 Å². The molecular weight excluding hydrogens is 594 g/mol. The maximum atomic E-state index is 11.8. The molecule has 0 radical (unpaired) electrons. The van der Waals surface area contributed by atoms with Crippen molar-refractivity contribution in [1.82, 2.24) is 9.55 Å². The molecule has 6 rings (SSSR count). The fraction of sp³-hybridized carbons (Fsp3) is 0.257. The molecule has 1 N–H and O–H groups in total. The summed E-state index contributed by atoms with van der Waals surface area (Å²) in [6.07, 6.45) is 0. The number of fused-ring (bicyclic) bond motifs is 1. The van der Waals surface area contributed by atoms with Crippen LogP contribution >= 0.6 is 11.6 Å². The van der Waals surface area contributed by atoms with Gasteiger partial charge in [-0.3, -0.25) is 4.79 Å². The van der Waals surface area contributed by atoms with Gasteiger partial charge in [0.15, 0.2) is 0 Å². The summed E-state index contributed by atoms with van der Waals surface area (Å²) in [6, 6.07) is 26.4. The molecule has 0 spiro atoms. The van der Waals surface area contributed by atoms with Gasteiger partial charge in [-0.15, -0.1) is 0 Å². The van der Waals surface area contributed by atoms with Crippen molar-refractivity contribution in [2.45, 2.75) is 26.1 Å². The molecule has 5 aromatic rings. The van der Waals surface area contributed by atoms with Gasteiger partial charge in [-0.1, -0.05) is 35.9 Å². The Kier molecular flexibility index (Phi) is 9.09. The first-order chi connectivity index (χ1) is 21.8. The Labute approximate surface area is 266 Å². The van der Waals surface area contributed by atoms with Crippen LogP contribution in [0, 0.1) is 0 Å². The van der Waals surface area contributed by atoms with Crippen molar-refractivity contribution in [3.8, 4) is 23.0 Å². The number of halogens is 1. The van der Waals surface area contributed by atoms with Gasteiger partial charge < -0.3 is 33.5 Å². The predicted octanol–water partition coefficient (Wildman–Crippen LogP) is 7.20. The number of rotatable bonds is 11. The summed E-state index contributed by atoms with van der Waals surface area (Å²) in [6.45, 7) is 5.26. The lowest BCUT2D eigenvalue weighted by atomic mass is 10.00. The molecule has 1 fully saturated rings. The lowest BCUT2D eigenvalue weighted by molar-refractivity contribution is -0.138. The van der Waals surface area contributed by atoms with Crippen LogP contribution in [0.25, 0.3) is 11.0 Å². The third kappa shape index (κ3) is 7.16. The summed E-state index contributed by atoms with van der Waals surface area (Å²) in [4.78, 5) is 18.8. The molecule has 0 aliphatic carbocycles. The van der Waals surface area contributed by atoms with E-state index in [0.717, 1.165) is 60.2 Å². The highest BCUT2D eigenvalue weighted by molar-refractivity contribution is 6.30. The standard InChI is InChI=1S/C35H34ClN3O6/c1-23(35(40)41)30-12-10-27(20-33(30)44-21-24-6-8-25(36)9-7-24)43-22-34-37-31-13-11-29(19-32(31)38(34)2)45-28-5-3-4-26(18-28)39-14-16-42-17-15-39/h3-13,18-20,23H,14-17,21-22H2,1-2H3,(H,40,41). The molecular formula is C35H34ClN3O6. The van der Waals surface area contributed by atoms with Crippen molar-refractivity contribution < 1.29 is 28.8 Å². The molecule has 0 saturated carbocycles. The van der Waals surface area contributed by atoms with E-state index in [9.17, 15) is 9.90 Å². The number of carboxylic acid groups (broad SMARTS) is 1. The number of ether oxygens (including phenoxy) is 4. The molecule has 9 nitrogen and oxygen atoms in total. The van der Waals surface area contributed by atoms with Crippen LogP contribution in [-0.4, -0.2) is 46.9 Å². The van der Waals surface area contributed by atoms with Gasteiger partial charge >= 0.3 is 5.97 Å². The minimum Gasteiger partial charge on any atom is -0.488 e. The van der Waals surface area contributed by atoms with Gasteiger partial charge in [-0.2, -0.15) is 0 Å². The van der Waals surface area contributed by atoms with E-state index < -0.39 is 11.9 Å². The number of nitrogens with zero attached hydrogens (tertiary/aromatic N) is 3. The Morgan fingerprint density at radius 1 is 0.933 bits per heavy atom. The Bertz CT molecular complexity index is 1800. The van der Waals surface area contributed by atoms with Crippen LogP contribution in [0.2, 0.25) is 5.02 Å². The maximum Gasteiger partial charge on any atom is 0.310 e. The summed E-state index contributed by atoms with van der Waals surface area (Å²) in [5.41, 5.74) is 4.32. The van der Waals surface area contributed by atoms with Crippen molar-refractivity contribution in [2.75, 3.05) is 31.2 Å². The molecule has 1 aliphatic rings. The molecule has 2 heterocycles. The second-order valence-corrected chi connectivity index (χ2v) is 11.3. The van der Waals surface area contributed by atoms with E-state index in [1.54, 1.807) is 37.3 Å². The predicted molar refractivity (Wildman–Crippen MR) is 173 cm³/mol. The minimum absolute atomic E-state index is 0.202. The summed E-state index contributed by atoms with van der Waals surface area (Å²) < 4.78 is 25.9. The van der Waals surface area contributed by atoms with E-state index >= 15 is 0 Å². The number of benzene rings is 4. The number of anilines is 1. The van der Waals surface area contributed by atoms with Gasteiger partial charge in [-0.25, -0.2) is 4.98 Å². The lowest BCUT2D eigenvalue weighted by Crippen LogP contribution is -2.36. The molecule has 232 valence electrons. The first kappa shape index (κ1) is 30.3. The van der Waals surface area contributed by atoms with E-state index in [1.807, 2.05) is 60.1 Å². The summed E-state index contributed by atoms with van der Waals surface area (Å²) in [7, 11) is 1.94. The molecule has 4 aromatic carbocycles. The van der Waals surface area contributed by atoms with Gasteiger partial charge in [0.25, 0.3) is 0 Å². The normalized spacial score (nSPS) is 13.9. The topological polar surface area (TPSA) is 95.3 Å². The largest absolute Gasteiger partial charge is 0.488 e. The number of morpholine rings is 1. The summed E-state index contributed by atoms with van der Waals surface area (Å²) >= 11 is 6.00. The van der Waals surface area contributed by atoms with Gasteiger partial charge in [0.2, 0.25) is 0 Å². The SMILES string of the molecule is CC(C(=O)O)c1ccc(OCc2nc3ccc(Oc4cccc(N5CCOCC5)c4)cc3n2C)cc1OCc1ccc(Cl)cc1. The monoisotopic (exact) mass is 627 g/mol. The Balaban J connectivity index is 1.16. The second-order valence-electron chi connectivity index (χ2n) is 10.9. The number of hydrogen-bond donors (Lipinski definition) is 1. The molecule has 1 atom stereocenters. The zero-order chi connectivity index (χ0) is 31.3. The first-order valence-electron chi connectivity index (χ1n) is 14.8. The molecule has 1 unspecified atom stereocenters.